The summed E-state index contributed by atoms with van der Waals surface area (Å²) < 4.78 is 10.8. The molecule has 1 aromatic heterocycles. The van der Waals surface area contributed by atoms with Gasteiger partial charge in [-0.2, -0.15) is 0 Å². The van der Waals surface area contributed by atoms with Gasteiger partial charge in [-0.15, -0.1) is 0 Å². The molecule has 0 aliphatic heterocycles. The Morgan fingerprint density at radius 2 is 1.77 bits per heavy atom. The summed E-state index contributed by atoms with van der Waals surface area (Å²) in [5.41, 5.74) is 3.05. The van der Waals surface area contributed by atoms with Crippen molar-refractivity contribution < 1.29 is 13.9 Å². The van der Waals surface area contributed by atoms with E-state index in [0.717, 1.165) is 29.1 Å². The van der Waals surface area contributed by atoms with Gasteiger partial charge < -0.3 is 19.8 Å². The predicted octanol–water partition coefficient (Wildman–Crippen LogP) is 3.90. The molecular formula is C21H22N2O3. The van der Waals surface area contributed by atoms with Crippen LogP contribution in [0.15, 0.2) is 71.3 Å². The van der Waals surface area contributed by atoms with Crippen LogP contribution in [0.2, 0.25) is 0 Å². The van der Waals surface area contributed by atoms with E-state index < -0.39 is 0 Å². The Kier molecular flexibility index (Phi) is 6.06. The van der Waals surface area contributed by atoms with Crippen LogP contribution in [0.4, 0.5) is 5.69 Å². The first-order valence-corrected chi connectivity index (χ1v) is 8.50. The zero-order valence-corrected chi connectivity index (χ0v) is 14.7. The van der Waals surface area contributed by atoms with Crippen LogP contribution in [0, 0.1) is 6.92 Å². The number of anilines is 1. The number of carbonyl (C=O) groups is 1. The third-order valence-electron chi connectivity index (χ3n) is 3.84. The third kappa shape index (κ3) is 5.50. The molecule has 0 saturated heterocycles. The van der Waals surface area contributed by atoms with E-state index in [1.165, 1.54) is 0 Å². The van der Waals surface area contributed by atoms with E-state index in [-0.39, 0.29) is 12.5 Å². The number of amides is 1. The van der Waals surface area contributed by atoms with Crippen molar-refractivity contribution in [2.24, 2.45) is 0 Å². The topological polar surface area (TPSA) is 63.5 Å². The SMILES string of the molecule is Cc1ccc(NC(=O)COc2ccc(CNCc3ccco3)cc2)cc1. The Morgan fingerprint density at radius 3 is 2.46 bits per heavy atom. The maximum Gasteiger partial charge on any atom is 0.262 e. The minimum atomic E-state index is -0.182. The minimum Gasteiger partial charge on any atom is -0.484 e. The lowest BCUT2D eigenvalue weighted by molar-refractivity contribution is -0.118. The van der Waals surface area contributed by atoms with Crippen LogP contribution in [-0.2, 0) is 17.9 Å². The molecule has 26 heavy (non-hydrogen) atoms. The van der Waals surface area contributed by atoms with Gasteiger partial charge in [0.15, 0.2) is 6.61 Å². The molecule has 0 aliphatic carbocycles. The number of hydrogen-bond donors (Lipinski definition) is 2. The fraction of sp³-hybridized carbons (Fsp3) is 0.190. The van der Waals surface area contributed by atoms with Gasteiger partial charge in [0.05, 0.1) is 12.8 Å². The van der Waals surface area contributed by atoms with Crippen LogP contribution >= 0.6 is 0 Å². The van der Waals surface area contributed by atoms with E-state index >= 15 is 0 Å². The van der Waals surface area contributed by atoms with Crippen molar-refractivity contribution >= 4 is 11.6 Å². The van der Waals surface area contributed by atoms with Crippen LogP contribution in [0.3, 0.4) is 0 Å². The highest BCUT2D eigenvalue weighted by Crippen LogP contribution is 2.13. The monoisotopic (exact) mass is 350 g/mol. The quantitative estimate of drug-likeness (QED) is 0.647. The Labute approximate surface area is 153 Å². The molecule has 1 heterocycles. The Morgan fingerprint density at radius 1 is 1.00 bits per heavy atom. The van der Waals surface area contributed by atoms with E-state index in [4.69, 9.17) is 9.15 Å². The lowest BCUT2D eigenvalue weighted by atomic mass is 10.2. The fourth-order valence-electron chi connectivity index (χ4n) is 2.43. The van der Waals surface area contributed by atoms with Crippen LogP contribution in [-0.4, -0.2) is 12.5 Å². The second-order valence-corrected chi connectivity index (χ2v) is 6.03. The predicted molar refractivity (Wildman–Crippen MR) is 101 cm³/mol. The number of aryl methyl sites for hydroxylation is 1. The van der Waals surface area contributed by atoms with E-state index in [0.29, 0.717) is 12.3 Å². The number of hydrogen-bond acceptors (Lipinski definition) is 4. The van der Waals surface area contributed by atoms with Crippen molar-refractivity contribution in [2.45, 2.75) is 20.0 Å². The summed E-state index contributed by atoms with van der Waals surface area (Å²) in [6.45, 7) is 3.40. The molecule has 0 aliphatic rings. The summed E-state index contributed by atoms with van der Waals surface area (Å²) in [6.07, 6.45) is 1.66. The maximum atomic E-state index is 11.9. The number of ether oxygens (including phenoxy) is 1. The van der Waals surface area contributed by atoms with Crippen molar-refractivity contribution in [3.63, 3.8) is 0 Å². The van der Waals surface area contributed by atoms with Crippen molar-refractivity contribution in [1.82, 2.24) is 5.32 Å². The number of nitrogens with one attached hydrogen (secondary N) is 2. The molecule has 3 rings (SSSR count). The molecule has 0 fully saturated rings. The number of furan rings is 1. The average Bonchev–Trinajstić information content (AvgIpc) is 3.16. The van der Waals surface area contributed by atoms with Gasteiger partial charge in [0, 0.05) is 12.2 Å². The van der Waals surface area contributed by atoms with Crippen LogP contribution < -0.4 is 15.4 Å². The Bertz CT molecular complexity index is 809. The molecule has 0 unspecified atom stereocenters. The summed E-state index contributed by atoms with van der Waals surface area (Å²) in [6, 6.07) is 19.1. The molecule has 5 heteroatoms. The molecule has 134 valence electrons. The highest BCUT2D eigenvalue weighted by atomic mass is 16.5. The highest BCUT2D eigenvalue weighted by Gasteiger charge is 2.04. The summed E-state index contributed by atoms with van der Waals surface area (Å²) in [5.74, 6) is 1.39. The van der Waals surface area contributed by atoms with Crippen molar-refractivity contribution in [1.29, 1.82) is 0 Å². The van der Waals surface area contributed by atoms with E-state index in [1.807, 2.05) is 67.6 Å². The molecule has 2 aromatic carbocycles. The average molecular weight is 350 g/mol. The molecule has 3 aromatic rings. The normalized spacial score (nSPS) is 10.5. The summed E-state index contributed by atoms with van der Waals surface area (Å²) in [4.78, 5) is 11.9. The van der Waals surface area contributed by atoms with Crippen molar-refractivity contribution in [3.8, 4) is 5.75 Å². The van der Waals surface area contributed by atoms with Gasteiger partial charge in [0.25, 0.3) is 5.91 Å². The van der Waals surface area contributed by atoms with Crippen LogP contribution in [0.1, 0.15) is 16.9 Å². The Hall–Kier alpha value is -3.05. The van der Waals surface area contributed by atoms with Gasteiger partial charge in [-0.05, 0) is 48.9 Å². The standard InChI is InChI=1S/C21H22N2O3/c1-16-4-8-18(9-5-16)23-21(24)15-26-19-10-6-17(7-11-19)13-22-14-20-3-2-12-25-20/h2-12,22H,13-15H2,1H3,(H,23,24). The van der Waals surface area contributed by atoms with Crippen LogP contribution in [0.5, 0.6) is 5.75 Å². The molecule has 2 N–H and O–H groups in total. The van der Waals surface area contributed by atoms with E-state index in [2.05, 4.69) is 10.6 Å². The van der Waals surface area contributed by atoms with Gasteiger partial charge in [-0.3, -0.25) is 4.79 Å². The number of benzene rings is 2. The molecule has 0 spiro atoms. The number of rotatable bonds is 8. The first-order chi connectivity index (χ1) is 12.7. The largest absolute Gasteiger partial charge is 0.484 e. The van der Waals surface area contributed by atoms with Gasteiger partial charge in [-0.1, -0.05) is 29.8 Å². The molecular weight excluding hydrogens is 328 g/mol. The van der Waals surface area contributed by atoms with E-state index in [1.54, 1.807) is 6.26 Å². The lowest BCUT2D eigenvalue weighted by Gasteiger charge is -2.09. The first kappa shape index (κ1) is 17.8. The smallest absolute Gasteiger partial charge is 0.262 e. The lowest BCUT2D eigenvalue weighted by Crippen LogP contribution is -2.20. The van der Waals surface area contributed by atoms with Gasteiger partial charge in [0.1, 0.15) is 11.5 Å². The van der Waals surface area contributed by atoms with Gasteiger partial charge in [-0.25, -0.2) is 0 Å². The highest BCUT2D eigenvalue weighted by molar-refractivity contribution is 5.91. The molecule has 1 amide bonds. The minimum absolute atomic E-state index is 0.0238. The molecule has 0 bridgehead atoms. The molecule has 0 radical (unpaired) electrons. The Balaban J connectivity index is 1.40. The summed E-state index contributed by atoms with van der Waals surface area (Å²) in [5, 5.41) is 6.12. The van der Waals surface area contributed by atoms with E-state index in [9.17, 15) is 4.79 Å². The van der Waals surface area contributed by atoms with Crippen molar-refractivity contribution in [3.05, 3.63) is 83.8 Å². The maximum absolute atomic E-state index is 11.9. The van der Waals surface area contributed by atoms with Gasteiger partial charge in [0.2, 0.25) is 0 Å². The number of carbonyl (C=O) groups excluding carboxylic acids is 1. The zero-order chi connectivity index (χ0) is 18.2. The van der Waals surface area contributed by atoms with Crippen LogP contribution in [0.25, 0.3) is 0 Å². The molecule has 0 saturated carbocycles. The second-order valence-electron chi connectivity index (χ2n) is 6.03. The molecule has 5 nitrogen and oxygen atoms in total. The van der Waals surface area contributed by atoms with Gasteiger partial charge >= 0.3 is 0 Å². The summed E-state index contributed by atoms with van der Waals surface area (Å²) in [7, 11) is 0. The first-order valence-electron chi connectivity index (χ1n) is 8.50. The third-order valence-corrected chi connectivity index (χ3v) is 3.84. The summed E-state index contributed by atoms with van der Waals surface area (Å²) >= 11 is 0. The molecule has 0 atom stereocenters. The zero-order valence-electron chi connectivity index (χ0n) is 14.7. The fourth-order valence-corrected chi connectivity index (χ4v) is 2.43. The second kappa shape index (κ2) is 8.87. The van der Waals surface area contributed by atoms with Crippen molar-refractivity contribution in [2.75, 3.05) is 11.9 Å².